The Kier molecular flexibility index (Phi) is 6.87. The Balaban J connectivity index is 1.59. The summed E-state index contributed by atoms with van der Waals surface area (Å²) in [6.07, 6.45) is -0.505. The SMILES string of the molecule is CC(C)N(C(=O)CSc1nnc([C@@H](C)Oc2ccc(F)cc2)o1)c1ccccc1. The second kappa shape index (κ2) is 9.56. The summed E-state index contributed by atoms with van der Waals surface area (Å²) < 4.78 is 24.3. The zero-order valence-electron chi connectivity index (χ0n) is 16.4. The summed E-state index contributed by atoms with van der Waals surface area (Å²) in [6.45, 7) is 5.69. The standard InChI is InChI=1S/C21H22FN3O3S/c1-14(2)25(17-7-5-4-6-8-17)19(26)13-29-21-24-23-20(28-21)15(3)27-18-11-9-16(22)10-12-18/h4-12,14-15H,13H2,1-3H3/t15-/m1/s1. The van der Waals surface area contributed by atoms with Crippen LogP contribution in [0.15, 0.2) is 64.2 Å². The lowest BCUT2D eigenvalue weighted by Gasteiger charge is -2.26. The van der Waals surface area contributed by atoms with Crippen molar-refractivity contribution < 1.29 is 18.3 Å². The van der Waals surface area contributed by atoms with Gasteiger partial charge in [-0.2, -0.15) is 0 Å². The van der Waals surface area contributed by atoms with Crippen molar-refractivity contribution in [3.63, 3.8) is 0 Å². The Hall–Kier alpha value is -2.87. The maximum Gasteiger partial charge on any atom is 0.277 e. The molecule has 0 N–H and O–H groups in total. The first-order valence-electron chi connectivity index (χ1n) is 9.19. The molecule has 0 fully saturated rings. The van der Waals surface area contributed by atoms with Gasteiger partial charge in [-0.3, -0.25) is 4.79 Å². The fourth-order valence-corrected chi connectivity index (χ4v) is 3.35. The first-order chi connectivity index (χ1) is 13.9. The van der Waals surface area contributed by atoms with Crippen LogP contribution in [0.5, 0.6) is 5.75 Å². The van der Waals surface area contributed by atoms with Crippen molar-refractivity contribution >= 4 is 23.4 Å². The maximum absolute atomic E-state index is 13.0. The topological polar surface area (TPSA) is 68.5 Å². The molecule has 3 aromatic rings. The summed E-state index contributed by atoms with van der Waals surface area (Å²) in [5.74, 6) is 0.565. The number of rotatable bonds is 8. The minimum atomic E-state index is -0.505. The predicted octanol–water partition coefficient (Wildman–Crippen LogP) is 4.88. The molecule has 1 heterocycles. The van der Waals surface area contributed by atoms with Gasteiger partial charge in [-0.1, -0.05) is 30.0 Å². The number of nitrogens with zero attached hydrogens (tertiary/aromatic N) is 3. The van der Waals surface area contributed by atoms with Crippen molar-refractivity contribution in [1.82, 2.24) is 10.2 Å². The van der Waals surface area contributed by atoms with Crippen LogP contribution in [-0.2, 0) is 4.79 Å². The van der Waals surface area contributed by atoms with Crippen molar-refractivity contribution in [2.24, 2.45) is 0 Å². The molecule has 0 aliphatic carbocycles. The van der Waals surface area contributed by atoms with Gasteiger partial charge < -0.3 is 14.1 Å². The van der Waals surface area contributed by atoms with E-state index in [1.165, 1.54) is 36.0 Å². The van der Waals surface area contributed by atoms with Crippen molar-refractivity contribution in [3.8, 4) is 5.75 Å². The van der Waals surface area contributed by atoms with Gasteiger partial charge in [0.15, 0.2) is 6.10 Å². The molecule has 0 spiro atoms. The Morgan fingerprint density at radius 3 is 2.45 bits per heavy atom. The quantitative estimate of drug-likeness (QED) is 0.488. The second-order valence-corrected chi connectivity index (χ2v) is 7.53. The van der Waals surface area contributed by atoms with Gasteiger partial charge in [0.25, 0.3) is 11.1 Å². The Morgan fingerprint density at radius 2 is 1.79 bits per heavy atom. The lowest BCUT2D eigenvalue weighted by atomic mass is 10.2. The van der Waals surface area contributed by atoms with Crippen LogP contribution in [0.25, 0.3) is 0 Å². The number of thioether (sulfide) groups is 1. The number of hydrogen-bond acceptors (Lipinski definition) is 6. The monoisotopic (exact) mass is 415 g/mol. The zero-order chi connectivity index (χ0) is 20.8. The summed E-state index contributed by atoms with van der Waals surface area (Å²) in [5.41, 5.74) is 0.848. The van der Waals surface area contributed by atoms with E-state index in [1.54, 1.807) is 11.8 Å². The first kappa shape index (κ1) is 20.9. The molecule has 0 unspecified atom stereocenters. The molecule has 0 aliphatic heterocycles. The molecule has 6 nitrogen and oxygen atoms in total. The molecule has 2 aromatic carbocycles. The molecule has 0 radical (unpaired) electrons. The molecule has 0 bridgehead atoms. The number of amides is 1. The van der Waals surface area contributed by atoms with E-state index in [2.05, 4.69) is 10.2 Å². The van der Waals surface area contributed by atoms with Crippen LogP contribution < -0.4 is 9.64 Å². The summed E-state index contributed by atoms with van der Waals surface area (Å²) in [5, 5.41) is 8.25. The van der Waals surface area contributed by atoms with Crippen molar-refractivity contribution in [2.75, 3.05) is 10.7 Å². The largest absolute Gasteiger partial charge is 0.481 e. The van der Waals surface area contributed by atoms with Gasteiger partial charge in [0.2, 0.25) is 5.91 Å². The minimum absolute atomic E-state index is 0.0212. The summed E-state index contributed by atoms with van der Waals surface area (Å²) in [6, 6.07) is 15.2. The summed E-state index contributed by atoms with van der Waals surface area (Å²) >= 11 is 1.18. The highest BCUT2D eigenvalue weighted by Crippen LogP contribution is 2.25. The van der Waals surface area contributed by atoms with Crippen LogP contribution in [-0.4, -0.2) is 27.9 Å². The molecule has 1 aromatic heterocycles. The van der Waals surface area contributed by atoms with Crippen LogP contribution in [0.3, 0.4) is 0 Å². The Bertz CT molecular complexity index is 932. The maximum atomic E-state index is 13.0. The lowest BCUT2D eigenvalue weighted by molar-refractivity contribution is -0.116. The van der Waals surface area contributed by atoms with Crippen molar-refractivity contribution in [1.29, 1.82) is 0 Å². The molecular weight excluding hydrogens is 393 g/mol. The van der Waals surface area contributed by atoms with Crippen LogP contribution in [0.1, 0.15) is 32.8 Å². The number of benzene rings is 2. The van der Waals surface area contributed by atoms with Gasteiger partial charge in [0, 0.05) is 11.7 Å². The Labute approximate surface area is 173 Å². The molecule has 1 atom stereocenters. The predicted molar refractivity (Wildman–Crippen MR) is 110 cm³/mol. The average molecular weight is 415 g/mol. The van der Waals surface area contributed by atoms with E-state index < -0.39 is 6.10 Å². The fourth-order valence-electron chi connectivity index (χ4n) is 2.72. The Morgan fingerprint density at radius 1 is 1.10 bits per heavy atom. The first-order valence-corrected chi connectivity index (χ1v) is 10.2. The number of hydrogen-bond donors (Lipinski definition) is 0. The summed E-state index contributed by atoms with van der Waals surface area (Å²) in [4.78, 5) is 14.5. The van der Waals surface area contributed by atoms with Gasteiger partial charge in [0.1, 0.15) is 11.6 Å². The van der Waals surface area contributed by atoms with Gasteiger partial charge in [0.05, 0.1) is 5.75 Å². The van der Waals surface area contributed by atoms with Gasteiger partial charge >= 0.3 is 0 Å². The van der Waals surface area contributed by atoms with Crippen LogP contribution in [0, 0.1) is 5.82 Å². The van der Waals surface area contributed by atoms with E-state index >= 15 is 0 Å². The second-order valence-electron chi connectivity index (χ2n) is 6.60. The normalized spacial score (nSPS) is 12.0. The number of para-hydroxylation sites is 1. The smallest absolute Gasteiger partial charge is 0.277 e. The molecule has 0 saturated heterocycles. The van der Waals surface area contributed by atoms with Gasteiger partial charge in [-0.05, 0) is 57.2 Å². The molecule has 29 heavy (non-hydrogen) atoms. The number of carbonyl (C=O) groups excluding carboxylic acids is 1. The van der Waals surface area contributed by atoms with E-state index in [9.17, 15) is 9.18 Å². The fraction of sp³-hybridized carbons (Fsp3) is 0.286. The van der Waals surface area contributed by atoms with Gasteiger partial charge in [-0.25, -0.2) is 4.39 Å². The number of aromatic nitrogens is 2. The van der Waals surface area contributed by atoms with E-state index in [-0.39, 0.29) is 29.4 Å². The zero-order valence-corrected chi connectivity index (χ0v) is 17.2. The van der Waals surface area contributed by atoms with Crippen LogP contribution in [0.2, 0.25) is 0 Å². The molecule has 8 heteroatoms. The van der Waals surface area contributed by atoms with Crippen LogP contribution >= 0.6 is 11.8 Å². The minimum Gasteiger partial charge on any atom is -0.481 e. The third-order valence-corrected chi connectivity index (χ3v) is 4.84. The van der Waals surface area contributed by atoms with Crippen LogP contribution in [0.4, 0.5) is 10.1 Å². The number of carbonyl (C=O) groups is 1. The molecule has 0 saturated carbocycles. The molecule has 3 rings (SSSR count). The number of ether oxygens (including phenoxy) is 1. The van der Waals surface area contributed by atoms with Crippen molar-refractivity contribution in [3.05, 3.63) is 66.3 Å². The number of halogens is 1. The van der Waals surface area contributed by atoms with Gasteiger partial charge in [-0.15, -0.1) is 10.2 Å². The van der Waals surface area contributed by atoms with Crippen molar-refractivity contribution in [2.45, 2.75) is 38.1 Å². The van der Waals surface area contributed by atoms with E-state index in [4.69, 9.17) is 9.15 Å². The summed E-state index contributed by atoms with van der Waals surface area (Å²) in [7, 11) is 0. The van der Waals surface area contributed by atoms with E-state index in [0.717, 1.165) is 5.69 Å². The number of anilines is 1. The molecular formula is C21H22FN3O3S. The van der Waals surface area contributed by atoms with E-state index in [1.807, 2.05) is 44.2 Å². The molecule has 1 amide bonds. The highest BCUT2D eigenvalue weighted by molar-refractivity contribution is 7.99. The molecule has 152 valence electrons. The third-order valence-electron chi connectivity index (χ3n) is 4.03. The van der Waals surface area contributed by atoms with E-state index in [0.29, 0.717) is 11.0 Å². The third kappa shape index (κ3) is 5.57. The highest BCUT2D eigenvalue weighted by atomic mass is 32.2. The average Bonchev–Trinajstić information content (AvgIpc) is 3.18. The lowest BCUT2D eigenvalue weighted by Crippen LogP contribution is -2.38. The molecule has 0 aliphatic rings. The highest BCUT2D eigenvalue weighted by Gasteiger charge is 2.21.